The normalized spacial score (nSPS) is 11.8. The topological polar surface area (TPSA) is 18.5 Å². The van der Waals surface area contributed by atoms with Crippen LogP contribution in [-0.2, 0) is 11.3 Å². The number of benzene rings is 4. The number of fused-ring (bicyclic) bond motifs is 2. The van der Waals surface area contributed by atoms with Gasteiger partial charge in [0.15, 0.2) is 0 Å². The molecule has 4 aromatic carbocycles. The molecule has 4 rings (SSSR count). The molecule has 0 aliphatic heterocycles. The quantitative estimate of drug-likeness (QED) is 0.211. The van der Waals surface area contributed by atoms with Gasteiger partial charge in [0.05, 0.1) is 13.2 Å². The molecule has 0 fully saturated rings. The fourth-order valence-corrected chi connectivity index (χ4v) is 4.13. The first-order chi connectivity index (χ1) is 15.6. The van der Waals surface area contributed by atoms with Crippen LogP contribution in [0.3, 0.4) is 0 Å². The third kappa shape index (κ3) is 4.46. The molecule has 0 aliphatic carbocycles. The number of hydrogen-bond donors (Lipinski definition) is 0. The summed E-state index contributed by atoms with van der Waals surface area (Å²) in [6, 6.07) is 23.7. The summed E-state index contributed by atoms with van der Waals surface area (Å²) in [4.78, 5) is 0. The first-order valence-electron chi connectivity index (χ1n) is 11.2. The summed E-state index contributed by atoms with van der Waals surface area (Å²) in [5.41, 5.74) is 5.93. The third-order valence-corrected chi connectivity index (χ3v) is 5.78. The predicted octanol–water partition coefficient (Wildman–Crippen LogP) is 8.13. The molecule has 162 valence electrons. The minimum Gasteiger partial charge on any atom is -0.493 e. The van der Waals surface area contributed by atoms with Gasteiger partial charge in [-0.05, 0) is 71.5 Å². The standard InChI is InChI=1S/C30H30O2/c1-5-24-9-8-10-28-29(24)19-26-18-23(13-16-27(26)30(28)32-7-3)17-21(4)25-14-11-22(12-15-25)20-31-6-2/h5,8-19H,1,6-7,20H2,2-4H3/b21-17+. The zero-order valence-electron chi connectivity index (χ0n) is 19.2. The summed E-state index contributed by atoms with van der Waals surface area (Å²) in [7, 11) is 0. The van der Waals surface area contributed by atoms with E-state index in [-0.39, 0.29) is 0 Å². The number of allylic oxidation sites excluding steroid dienone is 1. The van der Waals surface area contributed by atoms with Gasteiger partial charge in [-0.3, -0.25) is 0 Å². The molecule has 2 heteroatoms. The van der Waals surface area contributed by atoms with E-state index in [0.717, 1.165) is 28.7 Å². The highest BCUT2D eigenvalue weighted by atomic mass is 16.5. The largest absolute Gasteiger partial charge is 0.493 e. The van der Waals surface area contributed by atoms with Gasteiger partial charge in [0.1, 0.15) is 5.75 Å². The molecule has 0 radical (unpaired) electrons. The summed E-state index contributed by atoms with van der Waals surface area (Å²) in [5.74, 6) is 0.945. The van der Waals surface area contributed by atoms with E-state index in [1.165, 1.54) is 33.0 Å². The molecule has 32 heavy (non-hydrogen) atoms. The first-order valence-corrected chi connectivity index (χ1v) is 11.2. The van der Waals surface area contributed by atoms with E-state index in [2.05, 4.69) is 86.3 Å². The molecule has 0 aliphatic rings. The molecule has 2 nitrogen and oxygen atoms in total. The smallest absolute Gasteiger partial charge is 0.134 e. The SMILES string of the molecule is C=Cc1cccc2c(OCC)c3ccc(/C=C(\C)c4ccc(COCC)cc4)cc3cc12. The van der Waals surface area contributed by atoms with Gasteiger partial charge in [0.25, 0.3) is 0 Å². The van der Waals surface area contributed by atoms with Crippen molar-refractivity contribution in [3.63, 3.8) is 0 Å². The number of rotatable bonds is 8. The Bertz CT molecular complexity index is 1280. The van der Waals surface area contributed by atoms with Crippen LogP contribution < -0.4 is 4.74 Å². The Morgan fingerprint density at radius 3 is 2.41 bits per heavy atom. The Hall–Kier alpha value is -3.36. The van der Waals surface area contributed by atoms with Crippen LogP contribution in [0.25, 0.3) is 39.3 Å². The van der Waals surface area contributed by atoms with Gasteiger partial charge in [-0.15, -0.1) is 0 Å². The summed E-state index contributed by atoms with van der Waals surface area (Å²) in [6.07, 6.45) is 4.15. The van der Waals surface area contributed by atoms with Crippen LogP contribution in [0, 0.1) is 0 Å². The molecule has 0 saturated carbocycles. The van der Waals surface area contributed by atoms with Crippen molar-refractivity contribution in [1.29, 1.82) is 0 Å². The fraction of sp³-hybridized carbons (Fsp3) is 0.200. The molecular weight excluding hydrogens is 392 g/mol. The lowest BCUT2D eigenvalue weighted by atomic mass is 9.96. The van der Waals surface area contributed by atoms with E-state index < -0.39 is 0 Å². The van der Waals surface area contributed by atoms with E-state index in [1.807, 2.05) is 19.9 Å². The molecule has 0 unspecified atom stereocenters. The van der Waals surface area contributed by atoms with Crippen molar-refractivity contribution in [3.05, 3.63) is 95.6 Å². The van der Waals surface area contributed by atoms with Crippen LogP contribution >= 0.6 is 0 Å². The second-order valence-electron chi connectivity index (χ2n) is 7.93. The van der Waals surface area contributed by atoms with Crippen molar-refractivity contribution >= 4 is 39.3 Å². The van der Waals surface area contributed by atoms with Crippen molar-refractivity contribution < 1.29 is 9.47 Å². The molecule has 0 N–H and O–H groups in total. The fourth-order valence-electron chi connectivity index (χ4n) is 4.13. The number of ether oxygens (including phenoxy) is 2. The lowest BCUT2D eigenvalue weighted by molar-refractivity contribution is 0.134. The van der Waals surface area contributed by atoms with E-state index >= 15 is 0 Å². The Morgan fingerprint density at radius 2 is 1.69 bits per heavy atom. The van der Waals surface area contributed by atoms with Crippen molar-refractivity contribution in [2.45, 2.75) is 27.4 Å². The van der Waals surface area contributed by atoms with E-state index in [9.17, 15) is 0 Å². The van der Waals surface area contributed by atoms with Crippen molar-refractivity contribution in [3.8, 4) is 5.75 Å². The summed E-state index contributed by atoms with van der Waals surface area (Å²) >= 11 is 0. The molecule has 0 bridgehead atoms. The van der Waals surface area contributed by atoms with Crippen LogP contribution in [0.15, 0.2) is 73.3 Å². The van der Waals surface area contributed by atoms with Gasteiger partial charge in [0.2, 0.25) is 0 Å². The zero-order valence-corrected chi connectivity index (χ0v) is 19.2. The molecule has 4 aromatic rings. The van der Waals surface area contributed by atoms with Crippen LogP contribution in [0.1, 0.15) is 43.0 Å². The molecule has 0 saturated heterocycles. The molecule has 0 spiro atoms. The maximum Gasteiger partial charge on any atom is 0.134 e. The first kappa shape index (κ1) is 21.9. The maximum atomic E-state index is 6.10. The average Bonchev–Trinajstić information content (AvgIpc) is 2.82. The Kier molecular flexibility index (Phi) is 6.72. The lowest BCUT2D eigenvalue weighted by Gasteiger charge is -2.14. The van der Waals surface area contributed by atoms with Gasteiger partial charge < -0.3 is 9.47 Å². The van der Waals surface area contributed by atoms with Gasteiger partial charge in [-0.2, -0.15) is 0 Å². The Morgan fingerprint density at radius 1 is 0.875 bits per heavy atom. The van der Waals surface area contributed by atoms with Crippen molar-refractivity contribution in [1.82, 2.24) is 0 Å². The van der Waals surface area contributed by atoms with Crippen molar-refractivity contribution in [2.24, 2.45) is 0 Å². The summed E-state index contributed by atoms with van der Waals surface area (Å²) in [6.45, 7) is 12.2. The summed E-state index contributed by atoms with van der Waals surface area (Å²) < 4.78 is 11.6. The van der Waals surface area contributed by atoms with Crippen LogP contribution in [0.2, 0.25) is 0 Å². The molecule has 0 amide bonds. The highest BCUT2D eigenvalue weighted by Gasteiger charge is 2.11. The molecule has 0 heterocycles. The molecule has 0 aromatic heterocycles. The Labute approximate surface area is 190 Å². The Balaban J connectivity index is 1.75. The zero-order chi connectivity index (χ0) is 22.5. The highest BCUT2D eigenvalue weighted by molar-refractivity contribution is 6.08. The highest BCUT2D eigenvalue weighted by Crippen LogP contribution is 2.37. The van der Waals surface area contributed by atoms with Crippen LogP contribution in [0.4, 0.5) is 0 Å². The molecule has 0 atom stereocenters. The van der Waals surface area contributed by atoms with E-state index in [1.54, 1.807) is 0 Å². The minimum atomic E-state index is 0.632. The van der Waals surface area contributed by atoms with Crippen molar-refractivity contribution in [2.75, 3.05) is 13.2 Å². The van der Waals surface area contributed by atoms with Gasteiger partial charge >= 0.3 is 0 Å². The minimum absolute atomic E-state index is 0.632. The summed E-state index contributed by atoms with van der Waals surface area (Å²) in [5, 5.41) is 4.60. The van der Waals surface area contributed by atoms with Crippen LogP contribution in [0.5, 0.6) is 5.75 Å². The van der Waals surface area contributed by atoms with Gasteiger partial charge in [0, 0.05) is 17.4 Å². The molecular formula is C30H30O2. The predicted molar refractivity (Wildman–Crippen MR) is 138 cm³/mol. The second-order valence-corrected chi connectivity index (χ2v) is 7.93. The third-order valence-electron chi connectivity index (χ3n) is 5.78. The van der Waals surface area contributed by atoms with Gasteiger partial charge in [-0.25, -0.2) is 0 Å². The van der Waals surface area contributed by atoms with E-state index in [4.69, 9.17) is 9.47 Å². The lowest BCUT2D eigenvalue weighted by Crippen LogP contribution is -1.95. The van der Waals surface area contributed by atoms with Crippen LogP contribution in [-0.4, -0.2) is 13.2 Å². The van der Waals surface area contributed by atoms with Gasteiger partial charge in [-0.1, -0.05) is 73.3 Å². The number of hydrogen-bond acceptors (Lipinski definition) is 2. The maximum absolute atomic E-state index is 6.10. The van der Waals surface area contributed by atoms with E-state index in [0.29, 0.717) is 13.2 Å². The average molecular weight is 423 g/mol. The second kappa shape index (κ2) is 9.84. The monoisotopic (exact) mass is 422 g/mol.